The number of nitrogens with two attached hydrogens (primary N) is 1. The molecular formula is C13H21N3O. The van der Waals surface area contributed by atoms with E-state index in [9.17, 15) is 4.79 Å². The summed E-state index contributed by atoms with van der Waals surface area (Å²) in [5.41, 5.74) is 7.19. The van der Waals surface area contributed by atoms with Crippen molar-refractivity contribution in [3.05, 3.63) is 24.3 Å². The molecule has 0 spiro atoms. The Bertz CT molecular complexity index is 357. The molecule has 1 amide bonds. The summed E-state index contributed by atoms with van der Waals surface area (Å²) in [6.07, 6.45) is 0. The molecule has 0 aliphatic carbocycles. The molecule has 17 heavy (non-hydrogen) atoms. The van der Waals surface area contributed by atoms with Crippen LogP contribution in [0.25, 0.3) is 0 Å². The zero-order chi connectivity index (χ0) is 12.8. The molecule has 0 heterocycles. The van der Waals surface area contributed by atoms with Crippen LogP contribution in [0.2, 0.25) is 0 Å². The van der Waals surface area contributed by atoms with Crippen molar-refractivity contribution in [1.29, 1.82) is 0 Å². The second-order valence-electron chi connectivity index (χ2n) is 4.01. The highest BCUT2D eigenvalue weighted by Gasteiger charge is 2.13. The molecular weight excluding hydrogens is 214 g/mol. The van der Waals surface area contributed by atoms with Gasteiger partial charge >= 0.3 is 0 Å². The second-order valence-corrected chi connectivity index (χ2v) is 4.01. The van der Waals surface area contributed by atoms with Crippen molar-refractivity contribution in [1.82, 2.24) is 4.90 Å². The maximum Gasteiger partial charge on any atom is 0.240 e. The molecule has 4 heteroatoms. The molecule has 0 aliphatic heterocycles. The molecule has 0 bridgehead atoms. The summed E-state index contributed by atoms with van der Waals surface area (Å²) in [4.78, 5) is 15.8. The van der Waals surface area contributed by atoms with Crippen molar-refractivity contribution < 1.29 is 4.79 Å². The van der Waals surface area contributed by atoms with Gasteiger partial charge in [-0.05, 0) is 37.4 Å². The smallest absolute Gasteiger partial charge is 0.240 e. The third-order valence-corrected chi connectivity index (χ3v) is 2.91. The summed E-state index contributed by atoms with van der Waals surface area (Å²) in [5, 5.41) is 0. The summed E-state index contributed by atoms with van der Waals surface area (Å²) in [7, 11) is 1.79. The minimum Gasteiger partial charge on any atom is -0.399 e. The summed E-state index contributed by atoms with van der Waals surface area (Å²) in [5.74, 6) is 0.0958. The fourth-order valence-corrected chi connectivity index (χ4v) is 1.59. The van der Waals surface area contributed by atoms with Crippen molar-refractivity contribution in [2.75, 3.05) is 37.3 Å². The lowest BCUT2D eigenvalue weighted by molar-refractivity contribution is -0.119. The molecule has 0 saturated heterocycles. The number of likely N-dealkylation sites (N-methyl/N-ethyl adjacent to an activating group) is 2. The minimum atomic E-state index is 0.0958. The van der Waals surface area contributed by atoms with Crippen molar-refractivity contribution in [2.24, 2.45) is 0 Å². The first-order valence-electron chi connectivity index (χ1n) is 5.93. The topological polar surface area (TPSA) is 49.6 Å². The molecule has 2 N–H and O–H groups in total. The highest BCUT2D eigenvalue weighted by molar-refractivity contribution is 5.94. The van der Waals surface area contributed by atoms with Crippen LogP contribution in [-0.2, 0) is 4.79 Å². The van der Waals surface area contributed by atoms with Gasteiger partial charge in [0.1, 0.15) is 0 Å². The Morgan fingerprint density at radius 2 is 1.71 bits per heavy atom. The van der Waals surface area contributed by atoms with Crippen LogP contribution in [0, 0.1) is 0 Å². The van der Waals surface area contributed by atoms with Crippen LogP contribution < -0.4 is 10.6 Å². The van der Waals surface area contributed by atoms with E-state index in [0.717, 1.165) is 18.8 Å². The average Bonchev–Trinajstić information content (AvgIpc) is 2.35. The number of hydrogen-bond donors (Lipinski definition) is 1. The van der Waals surface area contributed by atoms with Gasteiger partial charge in [-0.3, -0.25) is 9.69 Å². The number of benzene rings is 1. The number of nitrogen functional groups attached to an aromatic ring is 1. The standard InChI is InChI=1S/C13H21N3O/c1-4-16(5-2)10-13(17)15(3)12-8-6-11(14)7-9-12/h6-9H,4-5,10,14H2,1-3H3. The van der Waals surface area contributed by atoms with E-state index in [-0.39, 0.29) is 5.91 Å². The van der Waals surface area contributed by atoms with E-state index in [1.54, 1.807) is 24.1 Å². The number of amides is 1. The molecule has 94 valence electrons. The number of anilines is 2. The van der Waals surface area contributed by atoms with Crippen LogP contribution in [0.3, 0.4) is 0 Å². The summed E-state index contributed by atoms with van der Waals surface area (Å²) < 4.78 is 0. The number of nitrogens with zero attached hydrogens (tertiary/aromatic N) is 2. The second kappa shape index (κ2) is 6.25. The van der Waals surface area contributed by atoms with Crippen LogP contribution in [0.15, 0.2) is 24.3 Å². The molecule has 0 aliphatic rings. The first-order chi connectivity index (χ1) is 8.08. The molecule has 1 aromatic rings. The van der Waals surface area contributed by atoms with Gasteiger partial charge in [0.25, 0.3) is 0 Å². The van der Waals surface area contributed by atoms with Crippen LogP contribution in [0.4, 0.5) is 11.4 Å². The maximum absolute atomic E-state index is 12.0. The highest BCUT2D eigenvalue weighted by atomic mass is 16.2. The molecule has 0 aromatic heterocycles. The normalized spacial score (nSPS) is 10.6. The Hall–Kier alpha value is -1.55. The third-order valence-electron chi connectivity index (χ3n) is 2.91. The maximum atomic E-state index is 12.0. The van der Waals surface area contributed by atoms with Gasteiger partial charge in [-0.1, -0.05) is 13.8 Å². The predicted molar refractivity (Wildman–Crippen MR) is 72.1 cm³/mol. The Morgan fingerprint density at radius 1 is 1.18 bits per heavy atom. The van der Waals surface area contributed by atoms with Gasteiger partial charge in [-0.15, -0.1) is 0 Å². The third kappa shape index (κ3) is 3.75. The van der Waals surface area contributed by atoms with Crippen LogP contribution in [0.5, 0.6) is 0 Å². The fraction of sp³-hybridized carbons (Fsp3) is 0.462. The van der Waals surface area contributed by atoms with E-state index in [1.165, 1.54) is 0 Å². The van der Waals surface area contributed by atoms with Gasteiger partial charge in [0, 0.05) is 18.4 Å². The molecule has 0 fully saturated rings. The average molecular weight is 235 g/mol. The quantitative estimate of drug-likeness (QED) is 0.788. The van der Waals surface area contributed by atoms with Gasteiger partial charge in [0.05, 0.1) is 6.54 Å². The highest BCUT2D eigenvalue weighted by Crippen LogP contribution is 2.15. The van der Waals surface area contributed by atoms with E-state index < -0.39 is 0 Å². The molecule has 0 radical (unpaired) electrons. The Kier molecular flexibility index (Phi) is 4.97. The first kappa shape index (κ1) is 13.5. The van der Waals surface area contributed by atoms with Gasteiger partial charge in [-0.2, -0.15) is 0 Å². The van der Waals surface area contributed by atoms with E-state index >= 15 is 0 Å². The predicted octanol–water partition coefficient (Wildman–Crippen LogP) is 1.57. The van der Waals surface area contributed by atoms with Crippen molar-refractivity contribution >= 4 is 17.3 Å². The number of carbonyl (C=O) groups excluding carboxylic acids is 1. The van der Waals surface area contributed by atoms with Gasteiger partial charge in [0.2, 0.25) is 5.91 Å². The van der Waals surface area contributed by atoms with Crippen LogP contribution >= 0.6 is 0 Å². The Morgan fingerprint density at radius 3 is 2.18 bits per heavy atom. The van der Waals surface area contributed by atoms with E-state index in [2.05, 4.69) is 18.7 Å². The number of hydrogen-bond acceptors (Lipinski definition) is 3. The van der Waals surface area contributed by atoms with Crippen molar-refractivity contribution in [2.45, 2.75) is 13.8 Å². The van der Waals surface area contributed by atoms with E-state index in [1.807, 2.05) is 12.1 Å². The van der Waals surface area contributed by atoms with Crippen molar-refractivity contribution in [3.8, 4) is 0 Å². The minimum absolute atomic E-state index is 0.0958. The zero-order valence-electron chi connectivity index (χ0n) is 10.8. The summed E-state index contributed by atoms with van der Waals surface area (Å²) >= 11 is 0. The van der Waals surface area contributed by atoms with Crippen LogP contribution in [0.1, 0.15) is 13.8 Å². The van der Waals surface area contributed by atoms with E-state index in [4.69, 9.17) is 5.73 Å². The number of rotatable bonds is 5. The monoisotopic (exact) mass is 235 g/mol. The SMILES string of the molecule is CCN(CC)CC(=O)N(C)c1ccc(N)cc1. The van der Waals surface area contributed by atoms with Crippen molar-refractivity contribution in [3.63, 3.8) is 0 Å². The van der Waals surface area contributed by atoms with Gasteiger partial charge in [-0.25, -0.2) is 0 Å². The Labute approximate surface area is 103 Å². The lowest BCUT2D eigenvalue weighted by Gasteiger charge is -2.22. The fourth-order valence-electron chi connectivity index (χ4n) is 1.59. The first-order valence-corrected chi connectivity index (χ1v) is 5.93. The lowest BCUT2D eigenvalue weighted by atomic mass is 10.2. The Balaban J connectivity index is 2.66. The number of carbonyl (C=O) groups is 1. The summed E-state index contributed by atoms with van der Waals surface area (Å²) in [6.45, 7) is 6.34. The lowest BCUT2D eigenvalue weighted by Crippen LogP contribution is -2.38. The summed E-state index contributed by atoms with van der Waals surface area (Å²) in [6, 6.07) is 7.32. The molecule has 0 atom stereocenters. The van der Waals surface area contributed by atoms with E-state index in [0.29, 0.717) is 12.2 Å². The molecule has 0 unspecified atom stereocenters. The van der Waals surface area contributed by atoms with Gasteiger partial charge in [0.15, 0.2) is 0 Å². The molecule has 1 aromatic carbocycles. The largest absolute Gasteiger partial charge is 0.399 e. The van der Waals surface area contributed by atoms with Gasteiger partial charge < -0.3 is 10.6 Å². The molecule has 1 rings (SSSR count). The van der Waals surface area contributed by atoms with Crippen LogP contribution in [-0.4, -0.2) is 37.5 Å². The molecule has 4 nitrogen and oxygen atoms in total. The molecule has 0 saturated carbocycles. The zero-order valence-corrected chi connectivity index (χ0v) is 10.8.